The van der Waals surface area contributed by atoms with Gasteiger partial charge in [0.2, 0.25) is 0 Å². The Labute approximate surface area is 397 Å². The molecule has 0 aliphatic rings. The van der Waals surface area contributed by atoms with Gasteiger partial charge in [-0.05, 0) is 116 Å². The number of esters is 3. The molecule has 0 saturated carbocycles. The molecule has 6 nitrogen and oxygen atoms in total. The molecule has 362 valence electrons. The van der Waals surface area contributed by atoms with Gasteiger partial charge < -0.3 is 14.2 Å². The lowest BCUT2D eigenvalue weighted by molar-refractivity contribution is -0.166. The molecule has 0 aromatic heterocycles. The van der Waals surface area contributed by atoms with Gasteiger partial charge in [0.25, 0.3) is 0 Å². The van der Waals surface area contributed by atoms with Crippen LogP contribution in [0.15, 0.2) is 146 Å². The van der Waals surface area contributed by atoms with Crippen molar-refractivity contribution >= 4 is 17.9 Å². The minimum Gasteiger partial charge on any atom is -0.462 e. The second-order valence-electron chi connectivity index (χ2n) is 16.0. The van der Waals surface area contributed by atoms with Crippen LogP contribution in [0.3, 0.4) is 0 Å². The minimum absolute atomic E-state index is 0.137. The highest BCUT2D eigenvalue weighted by Gasteiger charge is 2.19. The second-order valence-corrected chi connectivity index (χ2v) is 16.0. The van der Waals surface area contributed by atoms with Crippen molar-refractivity contribution in [3.63, 3.8) is 0 Å². The molecular formula is C59H90O6. The first-order valence-electron chi connectivity index (χ1n) is 25.3. The van der Waals surface area contributed by atoms with Crippen molar-refractivity contribution in [1.29, 1.82) is 0 Å². The maximum atomic E-state index is 12.8. The second kappa shape index (κ2) is 51.9. The Morgan fingerprint density at radius 2 is 0.646 bits per heavy atom. The van der Waals surface area contributed by atoms with E-state index in [2.05, 4.69) is 154 Å². The average Bonchev–Trinajstić information content (AvgIpc) is 3.30. The van der Waals surface area contributed by atoms with Crippen LogP contribution in [0.4, 0.5) is 0 Å². The van der Waals surface area contributed by atoms with Crippen LogP contribution in [-0.4, -0.2) is 37.2 Å². The third kappa shape index (κ3) is 50.2. The molecule has 0 rings (SSSR count). The van der Waals surface area contributed by atoms with Crippen LogP contribution in [0.5, 0.6) is 0 Å². The molecule has 65 heavy (non-hydrogen) atoms. The zero-order valence-corrected chi connectivity index (χ0v) is 41.2. The first-order valence-corrected chi connectivity index (χ1v) is 25.3. The van der Waals surface area contributed by atoms with Crippen LogP contribution in [0.25, 0.3) is 0 Å². The van der Waals surface area contributed by atoms with Crippen molar-refractivity contribution in [2.75, 3.05) is 13.2 Å². The Bertz CT molecular complexity index is 1490. The van der Waals surface area contributed by atoms with E-state index in [1.54, 1.807) is 0 Å². The summed E-state index contributed by atoms with van der Waals surface area (Å²) in [6, 6.07) is 0. The van der Waals surface area contributed by atoms with Crippen molar-refractivity contribution in [3.8, 4) is 0 Å². The summed E-state index contributed by atoms with van der Waals surface area (Å²) in [5.41, 5.74) is 0. The highest BCUT2D eigenvalue weighted by atomic mass is 16.6. The molecule has 0 aromatic carbocycles. The number of unbranched alkanes of at least 4 members (excludes halogenated alkanes) is 8. The van der Waals surface area contributed by atoms with Gasteiger partial charge in [0.15, 0.2) is 6.10 Å². The standard InChI is InChI=1S/C59H90O6/c1-4-7-10-13-16-19-22-24-26-28-29-31-33-35-38-41-44-47-50-53-59(62)65-56(54-63-57(60)51-48-45-42-39-36-21-18-15-12-9-6-3)55-64-58(61)52-49-46-43-40-37-34-32-30-27-25-23-20-17-14-11-8-5-2/h7-8,10-11,15-20,24-27,29,31-32,34-35,38,40,43-44,47,56H,4-6,9,12-14,21-23,28,30,33,36-37,39,41-42,45-46,48-55H2,1-3H3/b10-7-,11-8-,18-15-,19-16-,20-17-,26-24-,27-25-,31-29-,34-32-,38-35-,43-40-,47-44-/t56-/m0/s1. The van der Waals surface area contributed by atoms with E-state index in [0.717, 1.165) is 116 Å². The van der Waals surface area contributed by atoms with E-state index >= 15 is 0 Å². The van der Waals surface area contributed by atoms with Gasteiger partial charge in [0.1, 0.15) is 13.2 Å². The van der Waals surface area contributed by atoms with Crippen LogP contribution in [0, 0.1) is 0 Å². The minimum atomic E-state index is -0.850. The van der Waals surface area contributed by atoms with E-state index in [1.165, 1.54) is 19.3 Å². The number of hydrogen-bond acceptors (Lipinski definition) is 6. The average molecular weight is 895 g/mol. The molecule has 0 heterocycles. The molecule has 0 saturated heterocycles. The first kappa shape index (κ1) is 60.3. The van der Waals surface area contributed by atoms with Crippen molar-refractivity contribution in [2.24, 2.45) is 0 Å². The zero-order valence-electron chi connectivity index (χ0n) is 41.2. The molecule has 0 N–H and O–H groups in total. The number of carbonyl (C=O) groups excluding carboxylic acids is 3. The SMILES string of the molecule is CC/C=C\C/C=C\C/C=C\C/C=C\C/C=C\C/C=C\CCC(=O)O[C@H](COC(=O)CCC/C=C\C/C=C\C/C=C\C/C=C\C/C=C\CC)COC(=O)CCCCCCC/C=C\CCCC. The van der Waals surface area contributed by atoms with E-state index in [-0.39, 0.29) is 38.0 Å². The topological polar surface area (TPSA) is 78.9 Å². The lowest BCUT2D eigenvalue weighted by atomic mass is 10.1. The van der Waals surface area contributed by atoms with Crippen molar-refractivity contribution in [1.82, 2.24) is 0 Å². The van der Waals surface area contributed by atoms with Crippen LogP contribution in [-0.2, 0) is 28.6 Å². The number of ether oxygens (including phenoxy) is 3. The fourth-order valence-corrected chi connectivity index (χ4v) is 6.07. The molecule has 0 aliphatic carbocycles. The Kier molecular flexibility index (Phi) is 48.2. The first-order chi connectivity index (χ1) is 32.0. The van der Waals surface area contributed by atoms with Gasteiger partial charge in [-0.3, -0.25) is 14.4 Å². The van der Waals surface area contributed by atoms with E-state index in [0.29, 0.717) is 19.3 Å². The number of rotatable bonds is 43. The van der Waals surface area contributed by atoms with Gasteiger partial charge >= 0.3 is 17.9 Å². The molecule has 0 fully saturated rings. The summed E-state index contributed by atoms with van der Waals surface area (Å²) < 4.78 is 16.6. The van der Waals surface area contributed by atoms with Gasteiger partial charge in [-0.2, -0.15) is 0 Å². The van der Waals surface area contributed by atoms with Gasteiger partial charge in [0, 0.05) is 19.3 Å². The predicted molar refractivity (Wildman–Crippen MR) is 279 cm³/mol. The molecule has 1 atom stereocenters. The molecular weight excluding hydrogens is 805 g/mol. The summed E-state index contributed by atoms with van der Waals surface area (Å²) in [5, 5.41) is 0. The van der Waals surface area contributed by atoms with Gasteiger partial charge in [0.05, 0.1) is 0 Å². The normalized spacial score (nSPS) is 13.3. The number of carbonyl (C=O) groups is 3. The number of hydrogen-bond donors (Lipinski definition) is 0. The predicted octanol–water partition coefficient (Wildman–Crippen LogP) is 16.9. The molecule has 0 radical (unpaired) electrons. The summed E-state index contributed by atoms with van der Waals surface area (Å²) in [6.07, 6.45) is 74.2. The van der Waals surface area contributed by atoms with E-state index in [9.17, 15) is 14.4 Å². The zero-order chi connectivity index (χ0) is 47.2. The lowest BCUT2D eigenvalue weighted by Crippen LogP contribution is -2.30. The molecule has 0 unspecified atom stereocenters. The van der Waals surface area contributed by atoms with Crippen LogP contribution >= 0.6 is 0 Å². The summed E-state index contributed by atoms with van der Waals surface area (Å²) in [4.78, 5) is 37.9. The smallest absolute Gasteiger partial charge is 0.306 e. The van der Waals surface area contributed by atoms with Gasteiger partial charge in [-0.1, -0.05) is 199 Å². The molecule has 0 spiro atoms. The quantitative estimate of drug-likeness (QED) is 0.0263. The molecule has 0 amide bonds. The van der Waals surface area contributed by atoms with Crippen molar-refractivity contribution in [3.05, 3.63) is 146 Å². The fraction of sp³-hybridized carbons (Fsp3) is 0.542. The molecule has 0 aliphatic heterocycles. The van der Waals surface area contributed by atoms with E-state index in [1.807, 2.05) is 12.2 Å². The summed E-state index contributed by atoms with van der Waals surface area (Å²) in [5.74, 6) is -1.11. The third-order valence-electron chi connectivity index (χ3n) is 9.82. The Morgan fingerprint density at radius 1 is 0.323 bits per heavy atom. The highest BCUT2D eigenvalue weighted by molar-refractivity contribution is 5.71. The highest BCUT2D eigenvalue weighted by Crippen LogP contribution is 2.11. The summed E-state index contributed by atoms with van der Waals surface area (Å²) in [7, 11) is 0. The van der Waals surface area contributed by atoms with Crippen molar-refractivity contribution in [2.45, 2.75) is 194 Å². The monoisotopic (exact) mass is 895 g/mol. The lowest BCUT2D eigenvalue weighted by Gasteiger charge is -2.18. The molecule has 0 aromatic rings. The van der Waals surface area contributed by atoms with Crippen LogP contribution in [0.1, 0.15) is 188 Å². The third-order valence-corrected chi connectivity index (χ3v) is 9.82. The van der Waals surface area contributed by atoms with Crippen LogP contribution in [0.2, 0.25) is 0 Å². The van der Waals surface area contributed by atoms with Crippen LogP contribution < -0.4 is 0 Å². The van der Waals surface area contributed by atoms with E-state index in [4.69, 9.17) is 14.2 Å². The number of allylic oxidation sites excluding steroid dienone is 24. The molecule has 6 heteroatoms. The Morgan fingerprint density at radius 3 is 1.08 bits per heavy atom. The van der Waals surface area contributed by atoms with Gasteiger partial charge in [-0.25, -0.2) is 0 Å². The van der Waals surface area contributed by atoms with Gasteiger partial charge in [-0.15, -0.1) is 0 Å². The maximum absolute atomic E-state index is 12.8. The summed E-state index contributed by atoms with van der Waals surface area (Å²) >= 11 is 0. The maximum Gasteiger partial charge on any atom is 0.306 e. The largest absolute Gasteiger partial charge is 0.462 e. The summed E-state index contributed by atoms with van der Waals surface area (Å²) in [6.45, 7) is 6.22. The molecule has 0 bridgehead atoms. The fourth-order valence-electron chi connectivity index (χ4n) is 6.07. The Hall–Kier alpha value is -4.71. The van der Waals surface area contributed by atoms with Crippen molar-refractivity contribution < 1.29 is 28.6 Å². The Balaban J connectivity index is 4.63. The van der Waals surface area contributed by atoms with E-state index < -0.39 is 12.1 Å².